The van der Waals surface area contributed by atoms with Gasteiger partial charge in [0.2, 0.25) is 0 Å². The Hall–Kier alpha value is -2.23. The summed E-state index contributed by atoms with van der Waals surface area (Å²) in [5.41, 5.74) is 0.277. The van der Waals surface area contributed by atoms with E-state index in [0.29, 0.717) is 13.0 Å². The molecule has 0 aliphatic carbocycles. The first-order valence-corrected chi connectivity index (χ1v) is 6.93. The van der Waals surface area contributed by atoms with E-state index in [2.05, 4.69) is 16.1 Å². The summed E-state index contributed by atoms with van der Waals surface area (Å²) in [6, 6.07) is 6.83. The second-order valence-electron chi connectivity index (χ2n) is 4.65. The Kier molecular flexibility index (Phi) is 7.23. The minimum Gasteiger partial charge on any atom is -0.406 e. The van der Waals surface area contributed by atoms with Crippen LogP contribution < -0.4 is 10.1 Å². The molecule has 1 rings (SSSR count). The maximum atomic E-state index is 12.0. The predicted octanol–water partition coefficient (Wildman–Crippen LogP) is 3.79. The van der Waals surface area contributed by atoms with Crippen LogP contribution in [0.2, 0.25) is 0 Å². The predicted molar refractivity (Wildman–Crippen MR) is 74.2 cm³/mol. The number of rotatable bonds is 8. The van der Waals surface area contributed by atoms with Crippen molar-refractivity contribution in [3.8, 4) is 11.8 Å². The Morgan fingerprint density at radius 2 is 1.77 bits per heavy atom. The summed E-state index contributed by atoms with van der Waals surface area (Å²) >= 11 is 0. The Morgan fingerprint density at radius 3 is 2.36 bits per heavy atom. The molecule has 0 unspecified atom stereocenters. The first-order valence-electron chi connectivity index (χ1n) is 6.93. The maximum absolute atomic E-state index is 12.0. The smallest absolute Gasteiger partial charge is 0.406 e. The number of nitrogens with zero attached hydrogens (tertiary/aromatic N) is 1. The molecule has 0 aliphatic heterocycles. The fourth-order valence-electron chi connectivity index (χ4n) is 1.79. The Labute approximate surface area is 126 Å². The second-order valence-corrected chi connectivity index (χ2v) is 4.65. The fourth-order valence-corrected chi connectivity index (χ4v) is 1.79. The lowest BCUT2D eigenvalue weighted by Gasteiger charge is -2.09. The highest BCUT2D eigenvalue weighted by molar-refractivity contribution is 5.94. The summed E-state index contributed by atoms with van der Waals surface area (Å²) in [7, 11) is 0. The van der Waals surface area contributed by atoms with Crippen LogP contribution in [0.1, 0.15) is 42.5 Å². The number of unbranched alkanes of at least 4 members (excludes halogenated alkanes) is 4. The van der Waals surface area contributed by atoms with Crippen molar-refractivity contribution >= 4 is 5.91 Å². The number of halogens is 3. The molecular weight excluding hydrogens is 297 g/mol. The average Bonchev–Trinajstić information content (AvgIpc) is 2.45. The van der Waals surface area contributed by atoms with Gasteiger partial charge in [0.05, 0.1) is 6.07 Å². The zero-order valence-electron chi connectivity index (χ0n) is 11.9. The lowest BCUT2D eigenvalue weighted by Crippen LogP contribution is -2.24. The van der Waals surface area contributed by atoms with Gasteiger partial charge in [-0.25, -0.2) is 0 Å². The van der Waals surface area contributed by atoms with Crippen molar-refractivity contribution in [1.29, 1.82) is 5.26 Å². The van der Waals surface area contributed by atoms with Crippen molar-refractivity contribution in [2.45, 2.75) is 38.5 Å². The first-order chi connectivity index (χ1) is 10.4. The van der Waals surface area contributed by atoms with E-state index in [1.807, 2.05) is 0 Å². The third kappa shape index (κ3) is 7.53. The summed E-state index contributed by atoms with van der Waals surface area (Å²) in [4.78, 5) is 11.8. The normalized spacial score (nSPS) is 10.8. The van der Waals surface area contributed by atoms with Gasteiger partial charge in [0.25, 0.3) is 5.91 Å². The number of nitriles is 1. The molecule has 120 valence electrons. The number of ether oxygens (including phenoxy) is 1. The summed E-state index contributed by atoms with van der Waals surface area (Å²) in [5, 5.41) is 11.1. The standard InChI is InChI=1S/C15H17F3N2O2/c16-15(17,18)22-13-8-6-12(7-9-13)14(21)20-11-5-3-1-2-4-10-19/h6-9H,1-5,11H2,(H,20,21). The van der Waals surface area contributed by atoms with Crippen LogP contribution in [0, 0.1) is 11.3 Å². The van der Waals surface area contributed by atoms with Crippen LogP contribution >= 0.6 is 0 Å². The number of alkyl halides is 3. The summed E-state index contributed by atoms with van der Waals surface area (Å²) in [6.07, 6.45) is -0.696. The number of amides is 1. The molecule has 0 saturated carbocycles. The molecule has 4 nitrogen and oxygen atoms in total. The molecule has 0 aliphatic rings. The first kappa shape index (κ1) is 17.8. The van der Waals surface area contributed by atoms with Crippen LogP contribution in [-0.2, 0) is 0 Å². The van der Waals surface area contributed by atoms with Crippen molar-refractivity contribution in [3.63, 3.8) is 0 Å². The van der Waals surface area contributed by atoms with Crippen LogP contribution in [-0.4, -0.2) is 18.8 Å². The Bertz CT molecular complexity index is 507. The third-order valence-corrected chi connectivity index (χ3v) is 2.85. The fraction of sp³-hybridized carbons (Fsp3) is 0.467. The van der Waals surface area contributed by atoms with Gasteiger partial charge in [-0.15, -0.1) is 13.2 Å². The number of carbonyl (C=O) groups is 1. The topological polar surface area (TPSA) is 62.1 Å². The number of hydrogen-bond donors (Lipinski definition) is 1. The largest absolute Gasteiger partial charge is 0.573 e. The molecule has 1 amide bonds. The van der Waals surface area contributed by atoms with Crippen molar-refractivity contribution in [3.05, 3.63) is 29.8 Å². The molecule has 0 spiro atoms. The van der Waals surface area contributed by atoms with E-state index < -0.39 is 6.36 Å². The van der Waals surface area contributed by atoms with Gasteiger partial charge in [0, 0.05) is 18.5 Å². The van der Waals surface area contributed by atoms with Gasteiger partial charge in [-0.1, -0.05) is 12.8 Å². The number of carbonyl (C=O) groups excluding carboxylic acids is 1. The SMILES string of the molecule is N#CCCCCCCNC(=O)c1ccc(OC(F)(F)F)cc1. The van der Waals surface area contributed by atoms with Gasteiger partial charge in [-0.3, -0.25) is 4.79 Å². The van der Waals surface area contributed by atoms with Crippen molar-refractivity contribution in [2.24, 2.45) is 0 Å². The van der Waals surface area contributed by atoms with E-state index in [0.717, 1.165) is 37.8 Å². The third-order valence-electron chi connectivity index (χ3n) is 2.85. The number of nitrogens with one attached hydrogen (secondary N) is 1. The Morgan fingerprint density at radius 1 is 1.14 bits per heavy atom. The molecule has 22 heavy (non-hydrogen) atoms. The highest BCUT2D eigenvalue weighted by Gasteiger charge is 2.31. The summed E-state index contributed by atoms with van der Waals surface area (Å²) < 4.78 is 39.7. The van der Waals surface area contributed by atoms with Crippen LogP contribution in [0.4, 0.5) is 13.2 Å². The molecule has 1 aromatic rings. The monoisotopic (exact) mass is 314 g/mol. The van der Waals surface area contributed by atoms with Gasteiger partial charge < -0.3 is 10.1 Å². The molecule has 0 bridgehead atoms. The van der Waals surface area contributed by atoms with E-state index in [1.54, 1.807) is 0 Å². The Balaban J connectivity index is 2.29. The average molecular weight is 314 g/mol. The van der Waals surface area contributed by atoms with E-state index >= 15 is 0 Å². The van der Waals surface area contributed by atoms with Gasteiger partial charge >= 0.3 is 6.36 Å². The minimum atomic E-state index is -4.74. The number of hydrogen-bond acceptors (Lipinski definition) is 3. The molecule has 1 N–H and O–H groups in total. The summed E-state index contributed by atoms with van der Waals surface area (Å²) in [5.74, 6) is -0.697. The van der Waals surface area contributed by atoms with Crippen molar-refractivity contribution in [2.75, 3.05) is 6.54 Å². The highest BCUT2D eigenvalue weighted by Crippen LogP contribution is 2.22. The quantitative estimate of drug-likeness (QED) is 0.743. The molecule has 0 atom stereocenters. The van der Waals surface area contributed by atoms with E-state index in [4.69, 9.17) is 5.26 Å². The molecule has 0 radical (unpaired) electrons. The van der Waals surface area contributed by atoms with Gasteiger partial charge in [-0.2, -0.15) is 5.26 Å². The van der Waals surface area contributed by atoms with Crippen LogP contribution in [0.3, 0.4) is 0 Å². The zero-order chi connectivity index (χ0) is 16.4. The molecule has 1 aromatic carbocycles. The molecule has 7 heteroatoms. The minimum absolute atomic E-state index is 0.277. The molecular formula is C15H17F3N2O2. The van der Waals surface area contributed by atoms with Gasteiger partial charge in [0.1, 0.15) is 5.75 Å². The zero-order valence-corrected chi connectivity index (χ0v) is 11.9. The van der Waals surface area contributed by atoms with Crippen molar-refractivity contribution in [1.82, 2.24) is 5.32 Å². The van der Waals surface area contributed by atoms with Crippen molar-refractivity contribution < 1.29 is 22.7 Å². The van der Waals surface area contributed by atoms with E-state index in [-0.39, 0.29) is 17.2 Å². The second kappa shape index (κ2) is 8.93. The van der Waals surface area contributed by atoms with E-state index in [9.17, 15) is 18.0 Å². The van der Waals surface area contributed by atoms with Gasteiger partial charge in [-0.05, 0) is 37.1 Å². The number of benzene rings is 1. The molecule has 0 heterocycles. The summed E-state index contributed by atoms with van der Waals surface area (Å²) in [6.45, 7) is 0.492. The lowest BCUT2D eigenvalue weighted by atomic mass is 10.1. The lowest BCUT2D eigenvalue weighted by molar-refractivity contribution is -0.274. The van der Waals surface area contributed by atoms with Gasteiger partial charge in [0.15, 0.2) is 0 Å². The van der Waals surface area contributed by atoms with Crippen LogP contribution in [0.15, 0.2) is 24.3 Å². The molecule has 0 saturated heterocycles. The molecule has 0 fully saturated rings. The van der Waals surface area contributed by atoms with Crippen LogP contribution in [0.5, 0.6) is 5.75 Å². The maximum Gasteiger partial charge on any atom is 0.573 e. The highest BCUT2D eigenvalue weighted by atomic mass is 19.4. The van der Waals surface area contributed by atoms with E-state index in [1.165, 1.54) is 12.1 Å². The van der Waals surface area contributed by atoms with Crippen LogP contribution in [0.25, 0.3) is 0 Å². The molecule has 0 aromatic heterocycles.